The molecule has 1 aromatic heterocycles. The van der Waals surface area contributed by atoms with Gasteiger partial charge in [0.15, 0.2) is 0 Å². The Labute approximate surface area is 127 Å². The molecule has 0 aliphatic rings. The summed E-state index contributed by atoms with van der Waals surface area (Å²) in [5.74, 6) is 0. The maximum atomic E-state index is 6.13. The van der Waals surface area contributed by atoms with Crippen LogP contribution in [0.3, 0.4) is 0 Å². The Hall–Kier alpha value is -1.83. The minimum Gasteiger partial charge on any atom is -0.248 e. The van der Waals surface area contributed by atoms with Gasteiger partial charge in [0.2, 0.25) is 0 Å². The third-order valence-corrected chi connectivity index (χ3v) is 3.58. The molecule has 3 heteroatoms. The molecule has 0 spiro atoms. The molecule has 0 saturated carbocycles. The zero-order valence-corrected chi connectivity index (χ0v) is 12.1. The lowest BCUT2D eigenvalue weighted by atomic mass is 10.1. The predicted molar refractivity (Wildman–Crippen MR) is 87.1 cm³/mol. The van der Waals surface area contributed by atoms with Crippen molar-refractivity contribution in [2.75, 3.05) is 0 Å². The number of rotatable bonds is 2. The van der Waals surface area contributed by atoms with Crippen molar-refractivity contribution in [3.63, 3.8) is 0 Å². The van der Waals surface area contributed by atoms with E-state index in [2.05, 4.69) is 11.1 Å². The summed E-state index contributed by atoms with van der Waals surface area (Å²) in [5, 5.41) is 2.40. The molecule has 1 heterocycles. The van der Waals surface area contributed by atoms with Gasteiger partial charge in [-0.3, -0.25) is 0 Å². The molecule has 0 aliphatic carbocycles. The minimum absolute atomic E-state index is 0.634. The van der Waals surface area contributed by atoms with Crippen LogP contribution >= 0.6 is 23.2 Å². The molecule has 3 aromatic rings. The summed E-state index contributed by atoms with van der Waals surface area (Å²) in [7, 11) is 0. The summed E-state index contributed by atoms with van der Waals surface area (Å²) in [6, 6.07) is 17.5. The average molecular weight is 300 g/mol. The molecule has 0 saturated heterocycles. The molecule has 1 nitrogen and oxygen atoms in total. The number of para-hydroxylation sites is 1. The van der Waals surface area contributed by atoms with Crippen molar-refractivity contribution in [1.29, 1.82) is 0 Å². The SMILES string of the molecule is Clc1ccc(/C=C/c2ccc3ccccc3n2)c(Cl)c1. The largest absolute Gasteiger partial charge is 0.248 e. The van der Waals surface area contributed by atoms with Crippen LogP contribution in [0.1, 0.15) is 11.3 Å². The van der Waals surface area contributed by atoms with E-state index in [0.29, 0.717) is 10.0 Å². The highest BCUT2D eigenvalue weighted by Crippen LogP contribution is 2.23. The summed E-state index contributed by atoms with van der Waals surface area (Å²) >= 11 is 12.0. The first-order chi connectivity index (χ1) is 9.72. The normalized spacial score (nSPS) is 11.3. The van der Waals surface area contributed by atoms with Gasteiger partial charge in [0.1, 0.15) is 0 Å². The van der Waals surface area contributed by atoms with Crippen LogP contribution in [0, 0.1) is 0 Å². The quantitative estimate of drug-likeness (QED) is 0.590. The van der Waals surface area contributed by atoms with Crippen LogP contribution in [0.15, 0.2) is 54.6 Å². The van der Waals surface area contributed by atoms with Gasteiger partial charge in [-0.2, -0.15) is 0 Å². The molecule has 2 aromatic carbocycles. The summed E-state index contributed by atoms with van der Waals surface area (Å²) in [6.45, 7) is 0. The van der Waals surface area contributed by atoms with Gasteiger partial charge in [0, 0.05) is 15.4 Å². The van der Waals surface area contributed by atoms with Crippen molar-refractivity contribution in [3.8, 4) is 0 Å². The molecule has 0 bridgehead atoms. The van der Waals surface area contributed by atoms with E-state index in [1.807, 2.05) is 54.6 Å². The third kappa shape index (κ3) is 2.84. The van der Waals surface area contributed by atoms with Crippen LogP contribution in [-0.4, -0.2) is 4.98 Å². The zero-order valence-electron chi connectivity index (χ0n) is 10.6. The van der Waals surface area contributed by atoms with Crippen molar-refractivity contribution < 1.29 is 0 Å². The number of hydrogen-bond donors (Lipinski definition) is 0. The fraction of sp³-hybridized carbons (Fsp3) is 0. The second-order valence-corrected chi connectivity index (χ2v) is 5.27. The van der Waals surface area contributed by atoms with E-state index in [1.165, 1.54) is 0 Å². The van der Waals surface area contributed by atoms with Crippen LogP contribution in [0.4, 0.5) is 0 Å². The predicted octanol–water partition coefficient (Wildman–Crippen LogP) is 5.71. The molecule has 0 unspecified atom stereocenters. The Morgan fingerprint density at radius 2 is 1.70 bits per heavy atom. The fourth-order valence-electron chi connectivity index (χ4n) is 1.99. The molecule has 0 radical (unpaired) electrons. The van der Waals surface area contributed by atoms with Crippen LogP contribution in [0.5, 0.6) is 0 Å². The van der Waals surface area contributed by atoms with Crippen molar-refractivity contribution in [2.45, 2.75) is 0 Å². The number of hydrogen-bond acceptors (Lipinski definition) is 1. The average Bonchev–Trinajstić information content (AvgIpc) is 2.46. The van der Waals surface area contributed by atoms with E-state index < -0.39 is 0 Å². The second kappa shape index (κ2) is 5.66. The van der Waals surface area contributed by atoms with Crippen LogP contribution in [-0.2, 0) is 0 Å². The molecule has 0 fully saturated rings. The summed E-state index contributed by atoms with van der Waals surface area (Å²) in [6.07, 6.45) is 3.89. The first-order valence-corrected chi connectivity index (χ1v) is 6.97. The number of nitrogens with zero attached hydrogens (tertiary/aromatic N) is 1. The number of aromatic nitrogens is 1. The lowest BCUT2D eigenvalue weighted by molar-refractivity contribution is 1.37. The van der Waals surface area contributed by atoms with E-state index in [-0.39, 0.29) is 0 Å². The minimum atomic E-state index is 0.634. The smallest absolute Gasteiger partial charge is 0.0709 e. The number of halogens is 2. The van der Waals surface area contributed by atoms with Gasteiger partial charge in [-0.15, -0.1) is 0 Å². The lowest BCUT2D eigenvalue weighted by Crippen LogP contribution is -1.82. The van der Waals surface area contributed by atoms with Gasteiger partial charge in [0.05, 0.1) is 11.2 Å². The highest BCUT2D eigenvalue weighted by Gasteiger charge is 1.98. The van der Waals surface area contributed by atoms with Crippen molar-refractivity contribution in [3.05, 3.63) is 75.9 Å². The maximum Gasteiger partial charge on any atom is 0.0709 e. The van der Waals surface area contributed by atoms with E-state index in [4.69, 9.17) is 23.2 Å². The lowest BCUT2D eigenvalue weighted by Gasteiger charge is -2.00. The summed E-state index contributed by atoms with van der Waals surface area (Å²) < 4.78 is 0. The van der Waals surface area contributed by atoms with Gasteiger partial charge >= 0.3 is 0 Å². The molecule has 0 amide bonds. The molecular formula is C17H11Cl2N. The van der Waals surface area contributed by atoms with Gasteiger partial charge in [-0.1, -0.05) is 59.6 Å². The van der Waals surface area contributed by atoms with Gasteiger partial charge < -0.3 is 0 Å². The molecule has 20 heavy (non-hydrogen) atoms. The standard InChI is InChI=1S/C17H11Cl2N/c18-14-8-5-12(16(19)11-14)6-9-15-10-7-13-3-1-2-4-17(13)20-15/h1-11H/b9-6+. The van der Waals surface area contributed by atoms with E-state index in [0.717, 1.165) is 22.2 Å². The summed E-state index contributed by atoms with van der Waals surface area (Å²) in [5.41, 5.74) is 2.80. The van der Waals surface area contributed by atoms with Gasteiger partial charge in [0.25, 0.3) is 0 Å². The molecular weight excluding hydrogens is 289 g/mol. The van der Waals surface area contributed by atoms with Crippen LogP contribution in [0.2, 0.25) is 10.0 Å². The number of benzene rings is 2. The van der Waals surface area contributed by atoms with Gasteiger partial charge in [-0.05, 0) is 35.9 Å². The fourth-order valence-corrected chi connectivity index (χ4v) is 2.46. The number of pyridine rings is 1. The molecule has 98 valence electrons. The monoisotopic (exact) mass is 299 g/mol. The van der Waals surface area contributed by atoms with Crippen molar-refractivity contribution >= 4 is 46.3 Å². The Morgan fingerprint density at radius 3 is 2.55 bits per heavy atom. The Balaban J connectivity index is 1.93. The molecule has 0 atom stereocenters. The van der Waals surface area contributed by atoms with Crippen molar-refractivity contribution in [2.24, 2.45) is 0 Å². The molecule has 0 N–H and O–H groups in total. The first-order valence-electron chi connectivity index (χ1n) is 6.21. The van der Waals surface area contributed by atoms with E-state index in [9.17, 15) is 0 Å². The van der Waals surface area contributed by atoms with Crippen LogP contribution in [0.25, 0.3) is 23.1 Å². The van der Waals surface area contributed by atoms with Gasteiger partial charge in [-0.25, -0.2) is 4.98 Å². The van der Waals surface area contributed by atoms with Crippen LogP contribution < -0.4 is 0 Å². The van der Waals surface area contributed by atoms with Crippen molar-refractivity contribution in [1.82, 2.24) is 4.98 Å². The third-order valence-electron chi connectivity index (χ3n) is 3.02. The molecule has 3 rings (SSSR count). The summed E-state index contributed by atoms with van der Waals surface area (Å²) in [4.78, 5) is 4.58. The van der Waals surface area contributed by atoms with E-state index in [1.54, 1.807) is 6.07 Å². The Kier molecular flexibility index (Phi) is 3.72. The zero-order chi connectivity index (χ0) is 13.9. The number of fused-ring (bicyclic) bond motifs is 1. The molecule has 0 aliphatic heterocycles. The second-order valence-electron chi connectivity index (χ2n) is 4.43. The topological polar surface area (TPSA) is 12.9 Å². The van der Waals surface area contributed by atoms with E-state index >= 15 is 0 Å². The Bertz CT molecular complexity index is 794. The highest BCUT2D eigenvalue weighted by atomic mass is 35.5. The maximum absolute atomic E-state index is 6.13. The first kappa shape index (κ1) is 13.2. The highest BCUT2D eigenvalue weighted by molar-refractivity contribution is 6.35. The Morgan fingerprint density at radius 1 is 0.850 bits per heavy atom.